The number of rotatable bonds is 6. The molecule has 5 heteroatoms. The van der Waals surface area contributed by atoms with E-state index in [1.807, 2.05) is 6.07 Å². The minimum absolute atomic E-state index is 0.0167. The molecule has 1 aromatic rings. The number of carbonyl (C=O) groups excluding carboxylic acids is 1. The van der Waals surface area contributed by atoms with E-state index < -0.39 is 0 Å². The van der Waals surface area contributed by atoms with Gasteiger partial charge in [-0.15, -0.1) is 0 Å². The number of amides is 2. The van der Waals surface area contributed by atoms with Crippen LogP contribution in [-0.2, 0) is 0 Å². The SMILES string of the molecule is CC1CCCN(CCCNC(=O)NC2CCCN(c3ccccc3)C2)C1. The summed E-state index contributed by atoms with van der Waals surface area (Å²) in [7, 11) is 0. The first-order valence-corrected chi connectivity index (χ1v) is 10.3. The largest absolute Gasteiger partial charge is 0.369 e. The van der Waals surface area contributed by atoms with Crippen molar-refractivity contribution < 1.29 is 4.79 Å². The van der Waals surface area contributed by atoms with Crippen LogP contribution < -0.4 is 15.5 Å². The number of hydrogen-bond donors (Lipinski definition) is 2. The molecule has 1 aromatic carbocycles. The molecule has 144 valence electrons. The van der Waals surface area contributed by atoms with Gasteiger partial charge in [0.25, 0.3) is 0 Å². The van der Waals surface area contributed by atoms with E-state index in [0.29, 0.717) is 0 Å². The van der Waals surface area contributed by atoms with Crippen LogP contribution in [-0.4, -0.2) is 56.2 Å². The van der Waals surface area contributed by atoms with Gasteiger partial charge in [-0.05, 0) is 63.2 Å². The molecule has 2 aliphatic rings. The number of piperidine rings is 2. The van der Waals surface area contributed by atoms with Crippen molar-refractivity contribution in [3.8, 4) is 0 Å². The summed E-state index contributed by atoms with van der Waals surface area (Å²) >= 11 is 0. The highest BCUT2D eigenvalue weighted by Gasteiger charge is 2.21. The lowest BCUT2D eigenvalue weighted by Crippen LogP contribution is -2.50. The van der Waals surface area contributed by atoms with Gasteiger partial charge in [0.05, 0.1) is 0 Å². The first-order valence-electron chi connectivity index (χ1n) is 10.3. The van der Waals surface area contributed by atoms with E-state index in [1.165, 1.54) is 31.6 Å². The maximum absolute atomic E-state index is 12.2. The minimum Gasteiger partial charge on any atom is -0.369 e. The molecule has 2 atom stereocenters. The second-order valence-corrected chi connectivity index (χ2v) is 7.92. The quantitative estimate of drug-likeness (QED) is 0.768. The number of hydrogen-bond acceptors (Lipinski definition) is 3. The number of urea groups is 1. The number of anilines is 1. The van der Waals surface area contributed by atoms with Gasteiger partial charge in [0, 0.05) is 37.9 Å². The Labute approximate surface area is 158 Å². The van der Waals surface area contributed by atoms with Gasteiger partial charge in [0.1, 0.15) is 0 Å². The molecule has 0 aromatic heterocycles. The van der Waals surface area contributed by atoms with Crippen molar-refractivity contribution in [3.63, 3.8) is 0 Å². The lowest BCUT2D eigenvalue weighted by atomic mass is 10.0. The highest BCUT2D eigenvalue weighted by molar-refractivity contribution is 5.74. The van der Waals surface area contributed by atoms with Crippen LogP contribution in [0.4, 0.5) is 10.5 Å². The van der Waals surface area contributed by atoms with Gasteiger partial charge in [-0.2, -0.15) is 0 Å². The summed E-state index contributed by atoms with van der Waals surface area (Å²) < 4.78 is 0. The highest BCUT2D eigenvalue weighted by atomic mass is 16.2. The summed E-state index contributed by atoms with van der Waals surface area (Å²) in [4.78, 5) is 17.1. The molecule has 26 heavy (non-hydrogen) atoms. The van der Waals surface area contributed by atoms with Crippen molar-refractivity contribution in [1.29, 1.82) is 0 Å². The molecule has 0 bridgehead atoms. The number of para-hydroxylation sites is 1. The second-order valence-electron chi connectivity index (χ2n) is 7.92. The zero-order valence-corrected chi connectivity index (χ0v) is 16.1. The van der Waals surface area contributed by atoms with E-state index in [0.717, 1.165) is 51.4 Å². The molecule has 2 heterocycles. The topological polar surface area (TPSA) is 47.6 Å². The predicted octanol–water partition coefficient (Wildman–Crippen LogP) is 3.08. The zero-order chi connectivity index (χ0) is 18.2. The third-order valence-electron chi connectivity index (χ3n) is 5.56. The summed E-state index contributed by atoms with van der Waals surface area (Å²) in [5, 5.41) is 6.20. The summed E-state index contributed by atoms with van der Waals surface area (Å²) in [6.45, 7) is 8.57. The van der Waals surface area contributed by atoms with Crippen molar-refractivity contribution in [2.45, 2.75) is 45.1 Å². The molecule has 2 N–H and O–H groups in total. The zero-order valence-electron chi connectivity index (χ0n) is 16.1. The Morgan fingerprint density at radius 2 is 1.92 bits per heavy atom. The van der Waals surface area contributed by atoms with Crippen LogP contribution in [0.25, 0.3) is 0 Å². The van der Waals surface area contributed by atoms with E-state index in [9.17, 15) is 4.79 Å². The maximum atomic E-state index is 12.2. The highest BCUT2D eigenvalue weighted by Crippen LogP contribution is 2.19. The standard InChI is InChI=1S/C21H34N4O/c1-18-8-5-13-24(16-18)14-7-12-22-21(26)23-19-9-6-15-25(17-19)20-10-3-2-4-11-20/h2-4,10-11,18-19H,5-9,12-17H2,1H3,(H2,22,23,26). The molecular formula is C21H34N4O. The number of carbonyl (C=O) groups is 1. The molecule has 0 aliphatic carbocycles. The molecular weight excluding hydrogens is 324 g/mol. The first-order chi connectivity index (χ1) is 12.7. The monoisotopic (exact) mass is 358 g/mol. The fraction of sp³-hybridized carbons (Fsp3) is 0.667. The fourth-order valence-electron chi connectivity index (χ4n) is 4.20. The molecule has 2 amide bonds. The maximum Gasteiger partial charge on any atom is 0.315 e. The van der Waals surface area contributed by atoms with Crippen LogP contribution >= 0.6 is 0 Å². The molecule has 5 nitrogen and oxygen atoms in total. The molecule has 2 saturated heterocycles. The smallest absolute Gasteiger partial charge is 0.315 e. The number of nitrogens with zero attached hydrogens (tertiary/aromatic N) is 2. The number of nitrogens with one attached hydrogen (secondary N) is 2. The van der Waals surface area contributed by atoms with E-state index in [-0.39, 0.29) is 12.1 Å². The van der Waals surface area contributed by atoms with Gasteiger partial charge in [-0.3, -0.25) is 0 Å². The van der Waals surface area contributed by atoms with E-state index in [1.54, 1.807) is 0 Å². The Morgan fingerprint density at radius 1 is 1.12 bits per heavy atom. The molecule has 0 radical (unpaired) electrons. The van der Waals surface area contributed by atoms with E-state index >= 15 is 0 Å². The van der Waals surface area contributed by atoms with Crippen molar-refractivity contribution >= 4 is 11.7 Å². The Morgan fingerprint density at radius 3 is 2.73 bits per heavy atom. The molecule has 2 aliphatic heterocycles. The predicted molar refractivity (Wildman–Crippen MR) is 108 cm³/mol. The summed E-state index contributed by atoms with van der Waals surface area (Å²) in [6, 6.07) is 10.7. The number of benzene rings is 1. The Kier molecular flexibility index (Phi) is 7.18. The van der Waals surface area contributed by atoms with Crippen molar-refractivity contribution in [2.24, 2.45) is 5.92 Å². The second kappa shape index (κ2) is 9.81. The molecule has 3 rings (SSSR count). The summed E-state index contributed by atoms with van der Waals surface area (Å²) in [6.07, 6.45) is 5.88. The Hall–Kier alpha value is -1.75. The Bertz CT molecular complexity index is 550. The van der Waals surface area contributed by atoms with Crippen molar-refractivity contribution in [2.75, 3.05) is 44.2 Å². The van der Waals surface area contributed by atoms with Crippen LogP contribution in [0.2, 0.25) is 0 Å². The first kappa shape index (κ1) is 19.0. The van der Waals surface area contributed by atoms with Crippen molar-refractivity contribution in [3.05, 3.63) is 30.3 Å². The average Bonchev–Trinajstić information content (AvgIpc) is 2.66. The van der Waals surface area contributed by atoms with Crippen LogP contribution in [0, 0.1) is 5.92 Å². The minimum atomic E-state index is -0.0167. The fourth-order valence-corrected chi connectivity index (χ4v) is 4.20. The number of likely N-dealkylation sites (tertiary alicyclic amines) is 1. The lowest BCUT2D eigenvalue weighted by molar-refractivity contribution is 0.181. The Balaban J connectivity index is 1.33. The third kappa shape index (κ3) is 5.90. The van der Waals surface area contributed by atoms with Gasteiger partial charge >= 0.3 is 6.03 Å². The van der Waals surface area contributed by atoms with Crippen molar-refractivity contribution in [1.82, 2.24) is 15.5 Å². The molecule has 0 spiro atoms. The normalized spacial score (nSPS) is 24.3. The lowest BCUT2D eigenvalue weighted by Gasteiger charge is -2.34. The van der Waals surface area contributed by atoms with E-state index in [4.69, 9.17) is 0 Å². The van der Waals surface area contributed by atoms with Gasteiger partial charge in [-0.25, -0.2) is 4.79 Å². The van der Waals surface area contributed by atoms with Gasteiger partial charge < -0.3 is 20.4 Å². The third-order valence-corrected chi connectivity index (χ3v) is 5.56. The molecule has 2 unspecified atom stereocenters. The average molecular weight is 359 g/mol. The van der Waals surface area contributed by atoms with E-state index in [2.05, 4.69) is 51.6 Å². The summed E-state index contributed by atoms with van der Waals surface area (Å²) in [5.41, 5.74) is 1.25. The van der Waals surface area contributed by atoms with Crippen LogP contribution in [0.5, 0.6) is 0 Å². The summed E-state index contributed by atoms with van der Waals surface area (Å²) in [5.74, 6) is 0.818. The van der Waals surface area contributed by atoms with Gasteiger partial charge in [0.15, 0.2) is 0 Å². The van der Waals surface area contributed by atoms with Crippen LogP contribution in [0.1, 0.15) is 39.0 Å². The van der Waals surface area contributed by atoms with Gasteiger partial charge in [0.2, 0.25) is 0 Å². The van der Waals surface area contributed by atoms with Crippen LogP contribution in [0.15, 0.2) is 30.3 Å². The van der Waals surface area contributed by atoms with Crippen LogP contribution in [0.3, 0.4) is 0 Å². The van der Waals surface area contributed by atoms with Gasteiger partial charge in [-0.1, -0.05) is 25.1 Å². The molecule has 0 saturated carbocycles. The molecule has 2 fully saturated rings.